The minimum atomic E-state index is -4.08. The summed E-state index contributed by atoms with van der Waals surface area (Å²) in [4.78, 5) is 12.5. The predicted molar refractivity (Wildman–Crippen MR) is 132 cm³/mol. The quantitative estimate of drug-likeness (QED) is 0.321. The van der Waals surface area contributed by atoms with Gasteiger partial charge in [-0.25, -0.2) is 13.8 Å². The zero-order valence-corrected chi connectivity index (χ0v) is 20.6. The van der Waals surface area contributed by atoms with Crippen molar-refractivity contribution in [2.24, 2.45) is 5.10 Å². The number of aryl methyl sites for hydroxylation is 1. The standard InChI is InChI=1S/C23H20Cl3N3O3S/c1-16-5-7-17(8-6-16)13-27-28-23(30)15-29(14-20-21(25)3-2-4-22(20)26)33(31,32)19-11-9-18(24)10-12-19/h2-13H,14-15H2,1H3,(H,28,30)/b27-13-. The summed E-state index contributed by atoms with van der Waals surface area (Å²) in [6.45, 7) is 1.25. The lowest BCUT2D eigenvalue weighted by atomic mass is 10.2. The minimum absolute atomic E-state index is 0.0222. The Morgan fingerprint density at radius 1 is 0.970 bits per heavy atom. The molecule has 0 aliphatic rings. The van der Waals surface area contributed by atoms with Crippen LogP contribution in [0.3, 0.4) is 0 Å². The van der Waals surface area contributed by atoms with Crippen LogP contribution in [0, 0.1) is 6.92 Å². The van der Waals surface area contributed by atoms with E-state index in [0.29, 0.717) is 10.6 Å². The first kappa shape index (κ1) is 25.2. The number of hydrogen-bond donors (Lipinski definition) is 1. The number of rotatable bonds is 8. The molecule has 6 nitrogen and oxygen atoms in total. The monoisotopic (exact) mass is 523 g/mol. The molecular weight excluding hydrogens is 505 g/mol. The van der Waals surface area contributed by atoms with E-state index in [0.717, 1.165) is 15.4 Å². The van der Waals surface area contributed by atoms with Crippen molar-refractivity contribution in [3.63, 3.8) is 0 Å². The molecule has 172 valence electrons. The van der Waals surface area contributed by atoms with Gasteiger partial charge in [-0.2, -0.15) is 9.41 Å². The van der Waals surface area contributed by atoms with E-state index in [1.165, 1.54) is 30.5 Å². The second kappa shape index (κ2) is 11.1. The number of amides is 1. The fourth-order valence-corrected chi connectivity index (χ4v) is 4.88. The molecule has 0 atom stereocenters. The van der Waals surface area contributed by atoms with Gasteiger partial charge < -0.3 is 0 Å². The molecule has 0 heterocycles. The Labute approximate surface area is 207 Å². The van der Waals surface area contributed by atoms with Crippen molar-refractivity contribution in [1.29, 1.82) is 0 Å². The lowest BCUT2D eigenvalue weighted by Crippen LogP contribution is -2.39. The summed E-state index contributed by atoms with van der Waals surface area (Å²) < 4.78 is 27.6. The fraction of sp³-hybridized carbons (Fsp3) is 0.130. The van der Waals surface area contributed by atoms with Gasteiger partial charge in [-0.15, -0.1) is 0 Å². The summed E-state index contributed by atoms with van der Waals surface area (Å²) in [5.74, 6) is -0.626. The number of hydrogen-bond acceptors (Lipinski definition) is 4. The number of carbonyl (C=O) groups excluding carboxylic acids is 1. The van der Waals surface area contributed by atoms with Crippen molar-refractivity contribution in [3.8, 4) is 0 Å². The fourth-order valence-electron chi connectivity index (χ4n) is 2.87. The van der Waals surface area contributed by atoms with Crippen LogP contribution in [0.1, 0.15) is 16.7 Å². The summed E-state index contributed by atoms with van der Waals surface area (Å²) in [6.07, 6.45) is 1.47. The molecule has 0 saturated heterocycles. The summed E-state index contributed by atoms with van der Waals surface area (Å²) in [5.41, 5.74) is 4.63. The Bertz CT molecular complexity index is 1240. The average molecular weight is 525 g/mol. The molecule has 0 radical (unpaired) electrons. The van der Waals surface area contributed by atoms with Gasteiger partial charge in [0.2, 0.25) is 10.0 Å². The van der Waals surface area contributed by atoms with Crippen LogP contribution in [-0.2, 0) is 21.4 Å². The lowest BCUT2D eigenvalue weighted by Gasteiger charge is -2.22. The molecule has 33 heavy (non-hydrogen) atoms. The Morgan fingerprint density at radius 2 is 1.58 bits per heavy atom. The van der Waals surface area contributed by atoms with E-state index in [4.69, 9.17) is 34.8 Å². The first-order valence-corrected chi connectivity index (χ1v) is 12.3. The molecule has 1 amide bonds. The van der Waals surface area contributed by atoms with Crippen LogP contribution >= 0.6 is 34.8 Å². The maximum absolute atomic E-state index is 13.3. The van der Waals surface area contributed by atoms with Gasteiger partial charge in [0.1, 0.15) is 0 Å². The highest BCUT2D eigenvalue weighted by Gasteiger charge is 2.28. The Morgan fingerprint density at radius 3 is 2.18 bits per heavy atom. The summed E-state index contributed by atoms with van der Waals surface area (Å²) in [7, 11) is -4.08. The van der Waals surface area contributed by atoms with Crippen molar-refractivity contribution in [2.75, 3.05) is 6.54 Å². The van der Waals surface area contributed by atoms with Crippen molar-refractivity contribution >= 4 is 56.9 Å². The van der Waals surface area contributed by atoms with Gasteiger partial charge in [0.25, 0.3) is 5.91 Å². The largest absolute Gasteiger partial charge is 0.272 e. The van der Waals surface area contributed by atoms with Crippen molar-refractivity contribution in [2.45, 2.75) is 18.4 Å². The zero-order chi connectivity index (χ0) is 24.0. The number of carbonyl (C=O) groups is 1. The highest BCUT2D eigenvalue weighted by Crippen LogP contribution is 2.28. The van der Waals surface area contributed by atoms with Crippen LogP contribution in [0.4, 0.5) is 0 Å². The minimum Gasteiger partial charge on any atom is -0.272 e. The van der Waals surface area contributed by atoms with Gasteiger partial charge in [-0.1, -0.05) is 70.7 Å². The molecule has 0 aliphatic carbocycles. The molecular formula is C23H20Cl3N3O3S. The maximum Gasteiger partial charge on any atom is 0.255 e. The van der Waals surface area contributed by atoms with Gasteiger partial charge in [0, 0.05) is 27.2 Å². The second-order valence-electron chi connectivity index (χ2n) is 7.13. The van der Waals surface area contributed by atoms with E-state index in [9.17, 15) is 13.2 Å². The van der Waals surface area contributed by atoms with E-state index in [1.54, 1.807) is 18.2 Å². The normalized spacial score (nSPS) is 11.8. The summed E-state index contributed by atoms with van der Waals surface area (Å²) in [5, 5.41) is 4.88. The molecule has 10 heteroatoms. The molecule has 0 aliphatic heterocycles. The highest BCUT2D eigenvalue weighted by atomic mass is 35.5. The number of benzene rings is 3. The number of nitrogens with one attached hydrogen (secondary N) is 1. The second-order valence-corrected chi connectivity index (χ2v) is 10.3. The number of hydrazone groups is 1. The Balaban J connectivity index is 1.84. The first-order valence-electron chi connectivity index (χ1n) is 9.74. The van der Waals surface area contributed by atoms with Crippen LogP contribution in [0.25, 0.3) is 0 Å². The first-order chi connectivity index (χ1) is 15.7. The van der Waals surface area contributed by atoms with Crippen LogP contribution in [0.15, 0.2) is 76.7 Å². The van der Waals surface area contributed by atoms with Crippen LogP contribution < -0.4 is 5.43 Å². The van der Waals surface area contributed by atoms with Crippen LogP contribution in [0.2, 0.25) is 15.1 Å². The molecule has 0 aromatic heterocycles. The number of halogens is 3. The molecule has 0 saturated carbocycles. The third-order valence-electron chi connectivity index (χ3n) is 4.65. The van der Waals surface area contributed by atoms with E-state index in [-0.39, 0.29) is 21.5 Å². The molecule has 0 fully saturated rings. The van der Waals surface area contributed by atoms with Gasteiger partial charge in [0.05, 0.1) is 17.7 Å². The molecule has 1 N–H and O–H groups in total. The van der Waals surface area contributed by atoms with Crippen molar-refractivity contribution in [1.82, 2.24) is 9.73 Å². The van der Waals surface area contributed by atoms with Crippen LogP contribution in [0.5, 0.6) is 0 Å². The Kier molecular flexibility index (Phi) is 8.51. The van der Waals surface area contributed by atoms with Gasteiger partial charge in [-0.3, -0.25) is 4.79 Å². The molecule has 3 aromatic rings. The third kappa shape index (κ3) is 6.79. The molecule has 3 aromatic carbocycles. The third-order valence-corrected chi connectivity index (χ3v) is 7.41. The SMILES string of the molecule is Cc1ccc(/C=N\NC(=O)CN(Cc2c(Cl)cccc2Cl)S(=O)(=O)c2ccc(Cl)cc2)cc1. The van der Waals surface area contributed by atoms with Crippen molar-refractivity contribution in [3.05, 3.63) is 98.5 Å². The number of nitrogens with zero attached hydrogens (tertiary/aromatic N) is 2. The van der Waals surface area contributed by atoms with E-state index in [2.05, 4.69) is 10.5 Å². The predicted octanol–water partition coefficient (Wildman–Crippen LogP) is 5.30. The zero-order valence-electron chi connectivity index (χ0n) is 17.5. The molecule has 3 rings (SSSR count). The topological polar surface area (TPSA) is 78.8 Å². The highest BCUT2D eigenvalue weighted by molar-refractivity contribution is 7.89. The van der Waals surface area contributed by atoms with Crippen LogP contribution in [-0.4, -0.2) is 31.4 Å². The molecule has 0 unspecified atom stereocenters. The van der Waals surface area contributed by atoms with Gasteiger partial charge >= 0.3 is 0 Å². The number of sulfonamides is 1. The van der Waals surface area contributed by atoms with E-state index in [1.807, 2.05) is 31.2 Å². The smallest absolute Gasteiger partial charge is 0.255 e. The maximum atomic E-state index is 13.3. The van der Waals surface area contributed by atoms with E-state index >= 15 is 0 Å². The summed E-state index contributed by atoms with van der Waals surface area (Å²) in [6, 6.07) is 18.0. The average Bonchev–Trinajstić information content (AvgIpc) is 2.77. The summed E-state index contributed by atoms with van der Waals surface area (Å²) >= 11 is 18.4. The van der Waals surface area contributed by atoms with Crippen molar-refractivity contribution < 1.29 is 13.2 Å². The lowest BCUT2D eigenvalue weighted by molar-refractivity contribution is -0.121. The molecule has 0 bridgehead atoms. The Hall–Kier alpha value is -2.42. The molecule has 0 spiro atoms. The van der Waals surface area contributed by atoms with E-state index < -0.39 is 22.5 Å². The van der Waals surface area contributed by atoms with Gasteiger partial charge in [-0.05, 0) is 48.9 Å². The van der Waals surface area contributed by atoms with Gasteiger partial charge in [0.15, 0.2) is 0 Å².